The van der Waals surface area contributed by atoms with Crippen molar-refractivity contribution >= 4 is 17.4 Å². The lowest BCUT2D eigenvalue weighted by Crippen LogP contribution is -2.46. The Kier molecular flexibility index (Phi) is 5.48. The van der Waals surface area contributed by atoms with Crippen molar-refractivity contribution in [1.82, 2.24) is 15.5 Å². The lowest BCUT2D eigenvalue weighted by Gasteiger charge is -2.27. The molecule has 2 N–H and O–H groups in total. The third-order valence-corrected chi connectivity index (χ3v) is 6.09. The van der Waals surface area contributed by atoms with Gasteiger partial charge in [-0.05, 0) is 49.4 Å². The number of hydrogen-bond acceptors (Lipinski definition) is 5. The lowest BCUT2D eigenvalue weighted by atomic mass is 9.97. The predicted octanol–water partition coefficient (Wildman–Crippen LogP) is 4.63. The van der Waals surface area contributed by atoms with Gasteiger partial charge in [-0.25, -0.2) is 4.79 Å². The van der Waals surface area contributed by atoms with E-state index in [-0.39, 0.29) is 11.9 Å². The van der Waals surface area contributed by atoms with Crippen molar-refractivity contribution in [3.05, 3.63) is 36.0 Å². The highest BCUT2D eigenvalue weighted by Gasteiger charge is 2.41. The maximum Gasteiger partial charge on any atom is 0.320 e. The van der Waals surface area contributed by atoms with E-state index < -0.39 is 5.54 Å². The van der Waals surface area contributed by atoms with Gasteiger partial charge in [-0.15, -0.1) is 0 Å². The second-order valence-corrected chi connectivity index (χ2v) is 8.87. The van der Waals surface area contributed by atoms with Crippen LogP contribution >= 0.6 is 0 Å². The Labute approximate surface area is 172 Å². The van der Waals surface area contributed by atoms with Crippen molar-refractivity contribution in [2.75, 3.05) is 23.3 Å². The molecule has 2 aromatic rings. The average molecular weight is 398 g/mol. The van der Waals surface area contributed by atoms with Gasteiger partial charge in [0, 0.05) is 30.4 Å². The number of benzene rings is 1. The number of hydrogen-bond donors (Lipinski definition) is 2. The molecular formula is C22H31N5O2. The Balaban J connectivity index is 1.42. The van der Waals surface area contributed by atoms with E-state index in [1.165, 1.54) is 12.1 Å². The van der Waals surface area contributed by atoms with Gasteiger partial charge in [-0.2, -0.15) is 4.98 Å². The minimum atomic E-state index is -0.549. The van der Waals surface area contributed by atoms with E-state index in [1.54, 1.807) is 0 Å². The van der Waals surface area contributed by atoms with Gasteiger partial charge in [-0.1, -0.05) is 38.8 Å². The fraction of sp³-hybridized carbons (Fsp3) is 0.591. The molecule has 2 amide bonds. The molecule has 0 bridgehead atoms. The fourth-order valence-electron chi connectivity index (χ4n) is 4.35. The summed E-state index contributed by atoms with van der Waals surface area (Å²) in [7, 11) is 0. The molecule has 29 heavy (non-hydrogen) atoms. The molecule has 1 saturated heterocycles. The van der Waals surface area contributed by atoms with Crippen LogP contribution < -0.4 is 15.5 Å². The van der Waals surface area contributed by atoms with Crippen LogP contribution in [0.1, 0.15) is 70.5 Å². The van der Waals surface area contributed by atoms with Gasteiger partial charge < -0.3 is 20.1 Å². The number of carbonyl (C=O) groups is 1. The molecular weight excluding hydrogens is 366 g/mol. The highest BCUT2D eigenvalue weighted by atomic mass is 16.5. The van der Waals surface area contributed by atoms with E-state index in [9.17, 15) is 4.79 Å². The van der Waals surface area contributed by atoms with E-state index >= 15 is 0 Å². The smallest absolute Gasteiger partial charge is 0.320 e. The summed E-state index contributed by atoms with van der Waals surface area (Å²) in [5, 5.41) is 10.3. The van der Waals surface area contributed by atoms with Crippen molar-refractivity contribution in [3.63, 3.8) is 0 Å². The fourth-order valence-corrected chi connectivity index (χ4v) is 4.35. The Morgan fingerprint density at radius 1 is 1.24 bits per heavy atom. The van der Waals surface area contributed by atoms with E-state index in [4.69, 9.17) is 4.52 Å². The number of amides is 2. The maximum absolute atomic E-state index is 12.8. The first-order valence-electron chi connectivity index (χ1n) is 10.7. The van der Waals surface area contributed by atoms with Gasteiger partial charge >= 0.3 is 6.03 Å². The van der Waals surface area contributed by atoms with E-state index in [0.29, 0.717) is 11.7 Å². The molecule has 1 atom stereocenters. The van der Waals surface area contributed by atoms with Crippen molar-refractivity contribution < 1.29 is 9.32 Å². The maximum atomic E-state index is 12.8. The van der Waals surface area contributed by atoms with Crippen LogP contribution in [0.2, 0.25) is 0 Å². The Hall–Kier alpha value is -2.57. The minimum absolute atomic E-state index is 0.167. The summed E-state index contributed by atoms with van der Waals surface area (Å²) < 4.78 is 5.40. The number of carbonyl (C=O) groups excluding carboxylic acids is 1. The molecule has 0 spiro atoms. The van der Waals surface area contributed by atoms with Crippen LogP contribution in [0.3, 0.4) is 0 Å². The lowest BCUT2D eigenvalue weighted by molar-refractivity contribution is 0.232. The summed E-state index contributed by atoms with van der Waals surface area (Å²) in [5.74, 6) is 2.11. The van der Waals surface area contributed by atoms with Crippen LogP contribution in [-0.2, 0) is 5.54 Å². The molecule has 2 aliphatic rings. The van der Waals surface area contributed by atoms with E-state index in [0.717, 1.165) is 50.4 Å². The van der Waals surface area contributed by atoms with Gasteiger partial charge in [0.25, 0.3) is 0 Å². The monoisotopic (exact) mass is 397 g/mol. The van der Waals surface area contributed by atoms with E-state index in [2.05, 4.69) is 44.7 Å². The molecule has 1 saturated carbocycles. The van der Waals surface area contributed by atoms with Crippen molar-refractivity contribution in [2.45, 2.75) is 64.3 Å². The van der Waals surface area contributed by atoms with Gasteiger partial charge in [0.05, 0.1) is 0 Å². The summed E-state index contributed by atoms with van der Waals surface area (Å²) in [5.41, 5.74) is 1.44. The molecule has 0 radical (unpaired) electrons. The van der Waals surface area contributed by atoms with Gasteiger partial charge in [0.2, 0.25) is 5.89 Å². The van der Waals surface area contributed by atoms with Crippen LogP contribution in [0.25, 0.3) is 0 Å². The first-order valence-corrected chi connectivity index (χ1v) is 10.7. The molecule has 1 unspecified atom stereocenters. The zero-order valence-electron chi connectivity index (χ0n) is 17.6. The molecule has 4 rings (SSSR count). The first kappa shape index (κ1) is 19.7. The molecule has 7 heteroatoms. The molecule has 1 aliphatic carbocycles. The molecule has 1 aromatic carbocycles. The second-order valence-electron chi connectivity index (χ2n) is 8.87. The highest BCUT2D eigenvalue weighted by Crippen LogP contribution is 2.37. The first-order chi connectivity index (χ1) is 13.9. The van der Waals surface area contributed by atoms with Gasteiger partial charge in [-0.3, -0.25) is 0 Å². The molecule has 1 aromatic heterocycles. The SMILES string of the molecule is CC1CCN(c2ccc(NC(=O)NC3(c4noc(C(C)C)n4)CCCC3)cc2)C1. The average Bonchev–Trinajstić information content (AvgIpc) is 3.43. The number of nitrogens with one attached hydrogen (secondary N) is 2. The summed E-state index contributed by atoms with van der Waals surface area (Å²) in [4.78, 5) is 19.7. The number of nitrogens with zero attached hydrogens (tertiary/aromatic N) is 3. The zero-order chi connectivity index (χ0) is 20.4. The second kappa shape index (κ2) is 8.05. The van der Waals surface area contributed by atoms with Crippen LogP contribution in [0.5, 0.6) is 0 Å². The normalized spacial score (nSPS) is 21.0. The van der Waals surface area contributed by atoms with Crippen LogP contribution in [0, 0.1) is 5.92 Å². The highest BCUT2D eigenvalue weighted by molar-refractivity contribution is 5.90. The molecule has 7 nitrogen and oxygen atoms in total. The van der Waals surface area contributed by atoms with Crippen LogP contribution in [-0.4, -0.2) is 29.3 Å². The van der Waals surface area contributed by atoms with Crippen molar-refractivity contribution in [3.8, 4) is 0 Å². The Morgan fingerprint density at radius 2 is 1.97 bits per heavy atom. The van der Waals surface area contributed by atoms with Crippen LogP contribution in [0.15, 0.2) is 28.8 Å². The standard InChI is InChI=1S/C22H31N5O2/c1-15(2)19-24-20(26-29-19)22(11-4-5-12-22)25-21(28)23-17-6-8-18(9-7-17)27-13-10-16(3)14-27/h6-9,15-16H,4-5,10-14H2,1-3H3,(H2,23,25,28). The van der Waals surface area contributed by atoms with Crippen molar-refractivity contribution in [1.29, 1.82) is 0 Å². The third kappa shape index (κ3) is 4.23. The third-order valence-electron chi connectivity index (χ3n) is 6.09. The number of aromatic nitrogens is 2. The molecule has 156 valence electrons. The van der Waals surface area contributed by atoms with Crippen LogP contribution in [0.4, 0.5) is 16.2 Å². The number of rotatable bonds is 5. The van der Waals surface area contributed by atoms with Crippen molar-refractivity contribution in [2.24, 2.45) is 5.92 Å². The Morgan fingerprint density at radius 3 is 2.55 bits per heavy atom. The van der Waals surface area contributed by atoms with Gasteiger partial charge in [0.1, 0.15) is 5.54 Å². The molecule has 2 fully saturated rings. The summed E-state index contributed by atoms with van der Waals surface area (Å²) in [6, 6.07) is 7.85. The number of urea groups is 1. The minimum Gasteiger partial charge on any atom is -0.371 e. The number of anilines is 2. The summed E-state index contributed by atoms with van der Waals surface area (Å²) >= 11 is 0. The Bertz CT molecular complexity index is 839. The predicted molar refractivity (Wildman–Crippen MR) is 113 cm³/mol. The largest absolute Gasteiger partial charge is 0.371 e. The topological polar surface area (TPSA) is 83.3 Å². The quantitative estimate of drug-likeness (QED) is 0.768. The molecule has 1 aliphatic heterocycles. The zero-order valence-corrected chi connectivity index (χ0v) is 17.6. The van der Waals surface area contributed by atoms with E-state index in [1.807, 2.05) is 26.0 Å². The summed E-state index contributed by atoms with van der Waals surface area (Å²) in [6.07, 6.45) is 4.95. The molecule has 2 heterocycles. The van der Waals surface area contributed by atoms with Gasteiger partial charge in [0.15, 0.2) is 5.82 Å². The summed E-state index contributed by atoms with van der Waals surface area (Å²) in [6.45, 7) is 8.52.